The Labute approximate surface area is 86.2 Å². The molecule has 1 aliphatic rings. The van der Waals surface area contributed by atoms with Crippen LogP contribution >= 0.6 is 15.9 Å². The Hall–Kier alpha value is -0.540. The Balaban J connectivity index is 2.41. The monoisotopic (exact) mass is 241 g/mol. The van der Waals surface area contributed by atoms with Gasteiger partial charge < -0.3 is 10.5 Å². The van der Waals surface area contributed by atoms with Crippen molar-refractivity contribution in [1.82, 2.24) is 0 Å². The second-order valence-corrected chi connectivity index (χ2v) is 4.17. The standard InChI is InChI=1S/C10H12BrNO/c11-8-1-2-10-9(5-8)7(6-12)3-4-13-10/h1-2,5,7H,3-4,6,12H2/t7-/m1/s1. The van der Waals surface area contributed by atoms with Crippen LogP contribution in [-0.2, 0) is 0 Å². The molecule has 70 valence electrons. The number of rotatable bonds is 1. The van der Waals surface area contributed by atoms with E-state index in [2.05, 4.69) is 22.0 Å². The molecule has 13 heavy (non-hydrogen) atoms. The highest BCUT2D eigenvalue weighted by Gasteiger charge is 2.19. The molecule has 3 heteroatoms. The van der Waals surface area contributed by atoms with E-state index in [9.17, 15) is 0 Å². The van der Waals surface area contributed by atoms with Crippen LogP contribution in [0.3, 0.4) is 0 Å². The zero-order chi connectivity index (χ0) is 9.26. The van der Waals surface area contributed by atoms with E-state index in [4.69, 9.17) is 10.5 Å². The molecule has 0 aromatic heterocycles. The Kier molecular flexibility index (Phi) is 2.56. The van der Waals surface area contributed by atoms with Gasteiger partial charge in [0.2, 0.25) is 0 Å². The molecule has 1 aromatic carbocycles. The Morgan fingerprint density at radius 2 is 2.38 bits per heavy atom. The first-order chi connectivity index (χ1) is 6.31. The first-order valence-electron chi connectivity index (χ1n) is 4.43. The van der Waals surface area contributed by atoms with E-state index in [1.54, 1.807) is 0 Å². The summed E-state index contributed by atoms with van der Waals surface area (Å²) in [5.41, 5.74) is 6.94. The molecule has 1 aromatic rings. The maximum atomic E-state index is 5.70. The molecule has 1 atom stereocenters. The van der Waals surface area contributed by atoms with Crippen molar-refractivity contribution in [2.75, 3.05) is 13.2 Å². The second kappa shape index (κ2) is 3.68. The lowest BCUT2D eigenvalue weighted by Gasteiger charge is -2.24. The third-order valence-electron chi connectivity index (χ3n) is 2.42. The van der Waals surface area contributed by atoms with Crippen LogP contribution in [0.15, 0.2) is 22.7 Å². The van der Waals surface area contributed by atoms with Gasteiger partial charge in [0.25, 0.3) is 0 Å². The minimum absolute atomic E-state index is 0.459. The quantitative estimate of drug-likeness (QED) is 0.819. The van der Waals surface area contributed by atoms with E-state index < -0.39 is 0 Å². The molecule has 0 radical (unpaired) electrons. The normalized spacial score (nSPS) is 20.6. The van der Waals surface area contributed by atoms with Crippen molar-refractivity contribution in [3.8, 4) is 5.75 Å². The Bertz CT molecular complexity index is 314. The van der Waals surface area contributed by atoms with Crippen molar-refractivity contribution in [2.45, 2.75) is 12.3 Å². The average Bonchev–Trinajstić information content (AvgIpc) is 2.17. The van der Waals surface area contributed by atoms with Crippen LogP contribution in [0, 0.1) is 0 Å². The van der Waals surface area contributed by atoms with E-state index in [1.165, 1.54) is 5.56 Å². The molecule has 0 aliphatic carbocycles. The van der Waals surface area contributed by atoms with Gasteiger partial charge in [-0.15, -0.1) is 0 Å². The summed E-state index contributed by atoms with van der Waals surface area (Å²) in [6.07, 6.45) is 1.03. The van der Waals surface area contributed by atoms with Crippen LogP contribution in [0.4, 0.5) is 0 Å². The molecule has 2 nitrogen and oxygen atoms in total. The van der Waals surface area contributed by atoms with E-state index in [1.807, 2.05) is 12.1 Å². The van der Waals surface area contributed by atoms with Gasteiger partial charge in [0.1, 0.15) is 5.75 Å². The van der Waals surface area contributed by atoms with Gasteiger partial charge in [-0.25, -0.2) is 0 Å². The van der Waals surface area contributed by atoms with Crippen molar-refractivity contribution < 1.29 is 4.74 Å². The third kappa shape index (κ3) is 1.71. The molecule has 0 saturated heterocycles. The molecular weight excluding hydrogens is 230 g/mol. The van der Waals surface area contributed by atoms with Gasteiger partial charge in [0, 0.05) is 10.4 Å². The maximum Gasteiger partial charge on any atom is 0.122 e. The van der Waals surface area contributed by atoms with Crippen molar-refractivity contribution in [3.63, 3.8) is 0 Å². The molecule has 1 heterocycles. The lowest BCUT2D eigenvalue weighted by atomic mass is 9.93. The number of fused-ring (bicyclic) bond motifs is 1. The van der Waals surface area contributed by atoms with Gasteiger partial charge in [-0.05, 0) is 36.7 Å². The summed E-state index contributed by atoms with van der Waals surface area (Å²) < 4.78 is 6.63. The molecule has 2 N–H and O–H groups in total. The van der Waals surface area contributed by atoms with Crippen molar-refractivity contribution in [2.24, 2.45) is 5.73 Å². The highest BCUT2D eigenvalue weighted by atomic mass is 79.9. The van der Waals surface area contributed by atoms with Crippen molar-refractivity contribution in [1.29, 1.82) is 0 Å². The first kappa shape index (κ1) is 9.03. The predicted molar refractivity (Wildman–Crippen MR) is 56.0 cm³/mol. The molecule has 0 bridgehead atoms. The molecule has 2 rings (SSSR count). The summed E-state index contributed by atoms with van der Waals surface area (Å²) in [6.45, 7) is 1.49. The molecule has 0 saturated carbocycles. The smallest absolute Gasteiger partial charge is 0.122 e. The molecule has 0 spiro atoms. The number of ether oxygens (including phenoxy) is 1. The van der Waals surface area contributed by atoms with E-state index in [-0.39, 0.29) is 0 Å². The number of halogens is 1. The predicted octanol–water partition coefficient (Wildman–Crippen LogP) is 2.27. The number of hydrogen-bond acceptors (Lipinski definition) is 2. The van der Waals surface area contributed by atoms with Crippen LogP contribution in [0.1, 0.15) is 17.9 Å². The van der Waals surface area contributed by atoms with Gasteiger partial charge in [0.15, 0.2) is 0 Å². The lowest BCUT2D eigenvalue weighted by molar-refractivity contribution is 0.268. The number of nitrogens with two attached hydrogens (primary N) is 1. The number of benzene rings is 1. The fourth-order valence-electron chi connectivity index (χ4n) is 1.68. The van der Waals surface area contributed by atoms with Crippen molar-refractivity contribution in [3.05, 3.63) is 28.2 Å². The van der Waals surface area contributed by atoms with Gasteiger partial charge in [-0.2, -0.15) is 0 Å². The largest absolute Gasteiger partial charge is 0.493 e. The zero-order valence-corrected chi connectivity index (χ0v) is 8.88. The summed E-state index contributed by atoms with van der Waals surface area (Å²) in [7, 11) is 0. The minimum atomic E-state index is 0.459. The Morgan fingerprint density at radius 3 is 3.15 bits per heavy atom. The first-order valence-corrected chi connectivity index (χ1v) is 5.23. The summed E-state index contributed by atoms with van der Waals surface area (Å²) in [4.78, 5) is 0. The molecule has 0 unspecified atom stereocenters. The summed E-state index contributed by atoms with van der Waals surface area (Å²) >= 11 is 3.45. The zero-order valence-electron chi connectivity index (χ0n) is 7.29. The topological polar surface area (TPSA) is 35.2 Å². The summed E-state index contributed by atoms with van der Waals surface area (Å²) in [5.74, 6) is 1.45. The van der Waals surface area contributed by atoms with Crippen molar-refractivity contribution >= 4 is 15.9 Å². The van der Waals surface area contributed by atoms with Crippen LogP contribution in [0.5, 0.6) is 5.75 Å². The fraction of sp³-hybridized carbons (Fsp3) is 0.400. The Morgan fingerprint density at radius 1 is 1.54 bits per heavy atom. The highest BCUT2D eigenvalue weighted by Crippen LogP contribution is 2.34. The number of hydrogen-bond donors (Lipinski definition) is 1. The van der Waals surface area contributed by atoms with E-state index >= 15 is 0 Å². The molecule has 0 amide bonds. The van der Waals surface area contributed by atoms with Gasteiger partial charge in [-0.1, -0.05) is 15.9 Å². The van der Waals surface area contributed by atoms with Gasteiger partial charge >= 0.3 is 0 Å². The molecule has 1 aliphatic heterocycles. The van der Waals surface area contributed by atoms with Crippen LogP contribution in [0.25, 0.3) is 0 Å². The summed E-state index contributed by atoms with van der Waals surface area (Å²) in [6, 6.07) is 6.10. The maximum absolute atomic E-state index is 5.70. The SMILES string of the molecule is NC[C@H]1CCOc2ccc(Br)cc21. The van der Waals surface area contributed by atoms with E-state index in [0.717, 1.165) is 23.2 Å². The summed E-state index contributed by atoms with van der Waals surface area (Å²) in [5, 5.41) is 0. The van der Waals surface area contributed by atoms with Crippen LogP contribution < -0.4 is 10.5 Å². The molecule has 0 fully saturated rings. The average molecular weight is 242 g/mol. The van der Waals surface area contributed by atoms with Gasteiger partial charge in [0.05, 0.1) is 6.61 Å². The molecular formula is C10H12BrNO. The minimum Gasteiger partial charge on any atom is -0.493 e. The third-order valence-corrected chi connectivity index (χ3v) is 2.91. The van der Waals surface area contributed by atoms with Gasteiger partial charge in [-0.3, -0.25) is 0 Å². The highest BCUT2D eigenvalue weighted by molar-refractivity contribution is 9.10. The lowest BCUT2D eigenvalue weighted by Crippen LogP contribution is -2.20. The second-order valence-electron chi connectivity index (χ2n) is 3.25. The van der Waals surface area contributed by atoms with E-state index in [0.29, 0.717) is 12.5 Å². The van der Waals surface area contributed by atoms with Crippen LogP contribution in [0.2, 0.25) is 0 Å². The fourth-order valence-corrected chi connectivity index (χ4v) is 2.06. The van der Waals surface area contributed by atoms with Crippen LogP contribution in [-0.4, -0.2) is 13.2 Å².